The number of halogens is 2. The van der Waals surface area contributed by atoms with Gasteiger partial charge >= 0.3 is 0 Å². The van der Waals surface area contributed by atoms with Gasteiger partial charge in [0.15, 0.2) is 0 Å². The molecule has 1 unspecified atom stereocenters. The van der Waals surface area contributed by atoms with Crippen molar-refractivity contribution in [1.29, 1.82) is 0 Å². The quantitative estimate of drug-likeness (QED) is 0.861. The van der Waals surface area contributed by atoms with Gasteiger partial charge in [-0.2, -0.15) is 5.10 Å². The smallest absolute Gasteiger partial charge is 0.148 e. The molecule has 0 bridgehead atoms. The van der Waals surface area contributed by atoms with Gasteiger partial charge in [-0.3, -0.25) is 4.68 Å². The lowest BCUT2D eigenvalue weighted by Crippen LogP contribution is -2.08. The van der Waals surface area contributed by atoms with Crippen LogP contribution in [-0.4, -0.2) is 9.78 Å². The van der Waals surface area contributed by atoms with Crippen molar-refractivity contribution in [2.75, 3.05) is 5.32 Å². The Morgan fingerprint density at radius 2 is 2.06 bits per heavy atom. The molecule has 0 spiro atoms. The van der Waals surface area contributed by atoms with Gasteiger partial charge in [0.25, 0.3) is 0 Å². The Balaban J connectivity index is 2.11. The molecule has 1 atom stereocenters. The molecule has 2 aromatic rings. The summed E-state index contributed by atoms with van der Waals surface area (Å²) in [5.41, 5.74) is 1.01. The molecule has 98 valence electrons. The first-order valence-electron chi connectivity index (χ1n) is 5.73. The number of rotatable bonds is 4. The third-order valence-electron chi connectivity index (χ3n) is 2.65. The summed E-state index contributed by atoms with van der Waals surface area (Å²) in [4.78, 5) is 0. The van der Waals surface area contributed by atoms with Crippen LogP contribution in [0.2, 0.25) is 8.67 Å². The van der Waals surface area contributed by atoms with Crippen molar-refractivity contribution in [3.63, 3.8) is 0 Å². The Bertz CT molecular complexity index is 533. The SMILES string of the molecule is CC(Nc1ccn(C(C)C)n1)c1cc(Cl)sc1Cl. The second-order valence-corrected chi connectivity index (χ2v) is 6.71. The van der Waals surface area contributed by atoms with Crippen LogP contribution in [0.4, 0.5) is 5.82 Å². The van der Waals surface area contributed by atoms with Crippen molar-refractivity contribution in [3.8, 4) is 0 Å². The van der Waals surface area contributed by atoms with E-state index in [-0.39, 0.29) is 6.04 Å². The van der Waals surface area contributed by atoms with Gasteiger partial charge < -0.3 is 5.32 Å². The van der Waals surface area contributed by atoms with Gasteiger partial charge in [-0.1, -0.05) is 23.2 Å². The number of aromatic nitrogens is 2. The Labute approximate surface area is 121 Å². The average Bonchev–Trinajstić information content (AvgIpc) is 2.85. The molecule has 2 aromatic heterocycles. The summed E-state index contributed by atoms with van der Waals surface area (Å²) in [6.45, 7) is 6.23. The molecule has 18 heavy (non-hydrogen) atoms. The van der Waals surface area contributed by atoms with E-state index in [9.17, 15) is 0 Å². The summed E-state index contributed by atoms with van der Waals surface area (Å²) in [5, 5.41) is 7.76. The number of nitrogens with one attached hydrogen (secondary N) is 1. The fourth-order valence-electron chi connectivity index (χ4n) is 1.65. The summed E-state index contributed by atoms with van der Waals surface area (Å²) in [7, 11) is 0. The van der Waals surface area contributed by atoms with Crippen LogP contribution in [0, 0.1) is 0 Å². The van der Waals surface area contributed by atoms with Crippen molar-refractivity contribution in [2.45, 2.75) is 32.9 Å². The van der Waals surface area contributed by atoms with Crippen molar-refractivity contribution in [2.24, 2.45) is 0 Å². The molecule has 3 nitrogen and oxygen atoms in total. The largest absolute Gasteiger partial charge is 0.362 e. The van der Waals surface area contributed by atoms with E-state index in [2.05, 4.69) is 24.3 Å². The molecule has 1 N–H and O–H groups in total. The minimum atomic E-state index is 0.0803. The van der Waals surface area contributed by atoms with E-state index < -0.39 is 0 Å². The van der Waals surface area contributed by atoms with Crippen LogP contribution in [0.3, 0.4) is 0 Å². The maximum absolute atomic E-state index is 6.13. The highest BCUT2D eigenvalue weighted by atomic mass is 35.5. The predicted octanol–water partition coefficient (Wildman–Crippen LogP) is 5.01. The standard InChI is InChI=1S/C12H15Cl2N3S/c1-7(2)17-5-4-11(16-17)15-8(3)9-6-10(13)18-12(9)14/h4-8H,1-3H3,(H,15,16). The van der Waals surface area contributed by atoms with Crippen LogP contribution in [0.25, 0.3) is 0 Å². The molecule has 0 saturated carbocycles. The number of thiophene rings is 1. The first kappa shape index (κ1) is 13.7. The molecule has 2 heterocycles. The number of hydrogen-bond acceptors (Lipinski definition) is 3. The molecule has 0 aromatic carbocycles. The molecule has 0 saturated heterocycles. The van der Waals surface area contributed by atoms with Gasteiger partial charge in [0.1, 0.15) is 5.82 Å². The van der Waals surface area contributed by atoms with E-state index in [0.29, 0.717) is 10.4 Å². The Morgan fingerprint density at radius 3 is 2.56 bits per heavy atom. The fourth-order valence-corrected chi connectivity index (χ4v) is 3.30. The third kappa shape index (κ3) is 2.99. The van der Waals surface area contributed by atoms with Crippen LogP contribution in [0.15, 0.2) is 18.3 Å². The number of nitrogens with zero attached hydrogens (tertiary/aromatic N) is 2. The monoisotopic (exact) mass is 303 g/mol. The molecule has 0 aliphatic heterocycles. The predicted molar refractivity (Wildman–Crippen MR) is 79.0 cm³/mol. The first-order chi connectivity index (χ1) is 8.47. The number of hydrogen-bond donors (Lipinski definition) is 1. The molecule has 6 heteroatoms. The maximum atomic E-state index is 6.13. The third-order valence-corrected chi connectivity index (χ3v) is 4.17. The maximum Gasteiger partial charge on any atom is 0.148 e. The molecule has 0 fully saturated rings. The van der Waals surface area contributed by atoms with Gasteiger partial charge in [0.2, 0.25) is 0 Å². The zero-order chi connectivity index (χ0) is 13.3. The molecule has 0 aliphatic rings. The van der Waals surface area contributed by atoms with Gasteiger partial charge in [-0.05, 0) is 26.8 Å². The van der Waals surface area contributed by atoms with Crippen molar-refractivity contribution in [1.82, 2.24) is 9.78 Å². The molecule has 0 aliphatic carbocycles. The zero-order valence-corrected chi connectivity index (χ0v) is 12.8. The minimum Gasteiger partial charge on any atom is -0.362 e. The Kier molecular flexibility index (Phi) is 4.20. The summed E-state index contributed by atoms with van der Waals surface area (Å²) >= 11 is 13.5. The topological polar surface area (TPSA) is 29.9 Å². The van der Waals surface area contributed by atoms with Gasteiger partial charge in [-0.25, -0.2) is 0 Å². The lowest BCUT2D eigenvalue weighted by Gasteiger charge is -2.12. The Morgan fingerprint density at radius 1 is 1.33 bits per heavy atom. The van der Waals surface area contributed by atoms with Crippen molar-refractivity contribution in [3.05, 3.63) is 32.6 Å². The molecule has 0 radical (unpaired) electrons. The molecule has 0 amide bonds. The van der Waals surface area contributed by atoms with E-state index in [1.165, 1.54) is 11.3 Å². The van der Waals surface area contributed by atoms with Gasteiger partial charge in [0, 0.05) is 23.9 Å². The van der Waals surface area contributed by atoms with E-state index in [4.69, 9.17) is 23.2 Å². The lowest BCUT2D eigenvalue weighted by molar-refractivity contribution is 0.533. The Hall–Kier alpha value is -0.710. The summed E-state index contributed by atoms with van der Waals surface area (Å²) in [5.74, 6) is 0.842. The minimum absolute atomic E-state index is 0.0803. The summed E-state index contributed by atoms with van der Waals surface area (Å²) < 4.78 is 3.34. The van der Waals surface area contributed by atoms with Crippen molar-refractivity contribution < 1.29 is 0 Å². The fraction of sp³-hybridized carbons (Fsp3) is 0.417. The second kappa shape index (κ2) is 5.51. The van der Waals surface area contributed by atoms with Crippen LogP contribution in [-0.2, 0) is 0 Å². The van der Waals surface area contributed by atoms with Crippen LogP contribution >= 0.6 is 34.5 Å². The highest BCUT2D eigenvalue weighted by molar-refractivity contribution is 7.20. The van der Waals surface area contributed by atoms with Gasteiger partial charge in [-0.15, -0.1) is 11.3 Å². The molecule has 2 rings (SSSR count). The second-order valence-electron chi connectivity index (χ2n) is 4.42. The van der Waals surface area contributed by atoms with Crippen LogP contribution in [0.1, 0.15) is 38.4 Å². The highest BCUT2D eigenvalue weighted by Crippen LogP contribution is 2.35. The first-order valence-corrected chi connectivity index (χ1v) is 7.31. The summed E-state index contributed by atoms with van der Waals surface area (Å²) in [6.07, 6.45) is 1.96. The van der Waals surface area contributed by atoms with E-state index in [1.54, 1.807) is 0 Å². The van der Waals surface area contributed by atoms with Crippen molar-refractivity contribution >= 4 is 40.4 Å². The van der Waals surface area contributed by atoms with Crippen LogP contribution < -0.4 is 5.32 Å². The normalized spacial score (nSPS) is 13.0. The van der Waals surface area contributed by atoms with Gasteiger partial charge in [0.05, 0.1) is 14.7 Å². The lowest BCUT2D eigenvalue weighted by atomic mass is 10.2. The average molecular weight is 304 g/mol. The highest BCUT2D eigenvalue weighted by Gasteiger charge is 2.14. The zero-order valence-electron chi connectivity index (χ0n) is 10.4. The van der Waals surface area contributed by atoms with Crippen LogP contribution in [0.5, 0.6) is 0 Å². The van der Waals surface area contributed by atoms with E-state index in [1.807, 2.05) is 29.9 Å². The van der Waals surface area contributed by atoms with E-state index in [0.717, 1.165) is 15.7 Å². The summed E-state index contributed by atoms with van der Waals surface area (Å²) in [6, 6.07) is 4.29. The van der Waals surface area contributed by atoms with E-state index >= 15 is 0 Å². The molecular formula is C12H15Cl2N3S. The number of anilines is 1. The molecular weight excluding hydrogens is 289 g/mol.